The molecule has 3 heteroatoms. The van der Waals surface area contributed by atoms with Gasteiger partial charge in [0.25, 0.3) is 0 Å². The summed E-state index contributed by atoms with van der Waals surface area (Å²) in [4.78, 5) is 0. The first-order valence-corrected chi connectivity index (χ1v) is 8.27. The lowest BCUT2D eigenvalue weighted by Crippen LogP contribution is -2.27. The van der Waals surface area contributed by atoms with E-state index in [1.165, 1.54) is 29.9 Å². The van der Waals surface area contributed by atoms with E-state index in [2.05, 4.69) is 64.2 Å². The Labute approximate surface area is 117 Å². The van der Waals surface area contributed by atoms with Crippen LogP contribution >= 0.6 is 27.7 Å². The van der Waals surface area contributed by atoms with Gasteiger partial charge in [0, 0.05) is 10.5 Å². The van der Waals surface area contributed by atoms with Crippen molar-refractivity contribution in [3.63, 3.8) is 0 Å². The van der Waals surface area contributed by atoms with Gasteiger partial charge < -0.3 is 5.32 Å². The highest BCUT2D eigenvalue weighted by molar-refractivity contribution is 9.10. The van der Waals surface area contributed by atoms with Crippen LogP contribution < -0.4 is 5.32 Å². The summed E-state index contributed by atoms with van der Waals surface area (Å²) < 4.78 is 1.15. The van der Waals surface area contributed by atoms with Gasteiger partial charge in [0.15, 0.2) is 0 Å². The van der Waals surface area contributed by atoms with Crippen molar-refractivity contribution in [2.45, 2.75) is 25.8 Å². The molecule has 1 unspecified atom stereocenters. The summed E-state index contributed by atoms with van der Waals surface area (Å²) in [5.74, 6) is 3.58. The van der Waals surface area contributed by atoms with Crippen molar-refractivity contribution >= 4 is 27.7 Å². The Kier molecular flexibility index (Phi) is 5.39. The van der Waals surface area contributed by atoms with Crippen LogP contribution in [0, 0.1) is 5.92 Å². The lowest BCUT2D eigenvalue weighted by molar-refractivity contribution is 0.421. The molecule has 0 amide bonds. The average Bonchev–Trinajstić information content (AvgIpc) is 2.38. The summed E-state index contributed by atoms with van der Waals surface area (Å²) in [5.41, 5.74) is 1.37. The summed E-state index contributed by atoms with van der Waals surface area (Å²) in [7, 11) is 0. The van der Waals surface area contributed by atoms with Crippen molar-refractivity contribution in [2.24, 2.45) is 5.92 Å². The van der Waals surface area contributed by atoms with E-state index in [-0.39, 0.29) is 0 Å². The zero-order chi connectivity index (χ0) is 12.1. The van der Waals surface area contributed by atoms with Crippen LogP contribution in [0.5, 0.6) is 0 Å². The molecule has 0 aromatic heterocycles. The highest BCUT2D eigenvalue weighted by Gasteiger charge is 2.14. The largest absolute Gasteiger partial charge is 0.310 e. The second-order valence-corrected chi connectivity index (χ2v) is 6.88. The van der Waals surface area contributed by atoms with Crippen molar-refractivity contribution in [1.29, 1.82) is 0 Å². The predicted octanol–water partition coefficient (Wildman–Crippen LogP) is 4.24. The first-order valence-electron chi connectivity index (χ1n) is 6.32. The molecule has 0 saturated carbocycles. The predicted molar refractivity (Wildman–Crippen MR) is 80.6 cm³/mol. The Morgan fingerprint density at radius 1 is 1.29 bits per heavy atom. The minimum Gasteiger partial charge on any atom is -0.310 e. The fourth-order valence-electron chi connectivity index (χ4n) is 2.16. The maximum Gasteiger partial charge on any atom is 0.0291 e. The average molecular weight is 314 g/mol. The second kappa shape index (κ2) is 6.81. The molecule has 1 aliphatic rings. The van der Waals surface area contributed by atoms with Crippen molar-refractivity contribution in [1.82, 2.24) is 5.32 Å². The smallest absolute Gasteiger partial charge is 0.0291 e. The van der Waals surface area contributed by atoms with Gasteiger partial charge >= 0.3 is 0 Å². The van der Waals surface area contributed by atoms with Gasteiger partial charge in [-0.15, -0.1) is 0 Å². The molecule has 1 heterocycles. The van der Waals surface area contributed by atoms with Crippen LogP contribution in [0.1, 0.15) is 31.4 Å². The lowest BCUT2D eigenvalue weighted by Gasteiger charge is -2.24. The molecule has 0 spiro atoms. The Hall–Kier alpha value is 0.01000. The minimum absolute atomic E-state index is 0.456. The van der Waals surface area contributed by atoms with Gasteiger partial charge in [0.2, 0.25) is 0 Å². The van der Waals surface area contributed by atoms with E-state index < -0.39 is 0 Å². The molecule has 1 nitrogen and oxygen atoms in total. The van der Waals surface area contributed by atoms with E-state index in [0.29, 0.717) is 6.04 Å². The SMILES string of the molecule is CC(NCC1CCSCC1)c1ccc(Br)cc1. The maximum atomic E-state index is 3.66. The molecule has 1 saturated heterocycles. The fourth-order valence-corrected chi connectivity index (χ4v) is 3.63. The number of hydrogen-bond acceptors (Lipinski definition) is 2. The number of hydrogen-bond donors (Lipinski definition) is 1. The third kappa shape index (κ3) is 4.31. The summed E-state index contributed by atoms with van der Waals surface area (Å²) in [6, 6.07) is 9.07. The van der Waals surface area contributed by atoms with E-state index >= 15 is 0 Å². The van der Waals surface area contributed by atoms with Crippen molar-refractivity contribution in [2.75, 3.05) is 18.1 Å². The third-order valence-electron chi connectivity index (χ3n) is 3.42. The maximum absolute atomic E-state index is 3.66. The van der Waals surface area contributed by atoms with E-state index in [4.69, 9.17) is 0 Å². The summed E-state index contributed by atoms with van der Waals surface area (Å²) in [6.45, 7) is 3.42. The summed E-state index contributed by atoms with van der Waals surface area (Å²) >= 11 is 5.57. The Morgan fingerprint density at radius 2 is 1.94 bits per heavy atom. The van der Waals surface area contributed by atoms with Gasteiger partial charge in [-0.25, -0.2) is 0 Å². The topological polar surface area (TPSA) is 12.0 Å². The van der Waals surface area contributed by atoms with Crippen LogP contribution in [0.25, 0.3) is 0 Å². The first kappa shape index (κ1) is 13.4. The van der Waals surface area contributed by atoms with Gasteiger partial charge in [-0.2, -0.15) is 11.8 Å². The number of benzene rings is 1. The number of halogens is 1. The second-order valence-electron chi connectivity index (χ2n) is 4.74. The molecular formula is C14H20BrNS. The van der Waals surface area contributed by atoms with Gasteiger partial charge in [0.05, 0.1) is 0 Å². The molecule has 1 aliphatic heterocycles. The van der Waals surface area contributed by atoms with Crippen molar-refractivity contribution in [3.05, 3.63) is 34.3 Å². The molecular weight excluding hydrogens is 294 g/mol. The van der Waals surface area contributed by atoms with E-state index in [0.717, 1.165) is 16.9 Å². The Balaban J connectivity index is 1.80. The molecule has 0 radical (unpaired) electrons. The van der Waals surface area contributed by atoms with Crippen LogP contribution in [-0.4, -0.2) is 18.1 Å². The number of nitrogens with one attached hydrogen (secondary N) is 1. The molecule has 1 N–H and O–H groups in total. The summed E-state index contributed by atoms with van der Waals surface area (Å²) in [6.07, 6.45) is 2.76. The molecule has 1 aromatic carbocycles. The first-order chi connectivity index (χ1) is 8.25. The van der Waals surface area contributed by atoms with Crippen LogP contribution in [0.2, 0.25) is 0 Å². The van der Waals surface area contributed by atoms with Gasteiger partial charge in [-0.3, -0.25) is 0 Å². The molecule has 2 rings (SSSR count). The van der Waals surface area contributed by atoms with Crippen LogP contribution in [0.15, 0.2) is 28.7 Å². The zero-order valence-corrected chi connectivity index (χ0v) is 12.7. The molecule has 1 aromatic rings. The van der Waals surface area contributed by atoms with E-state index in [9.17, 15) is 0 Å². The molecule has 1 atom stereocenters. The lowest BCUT2D eigenvalue weighted by atomic mass is 10.0. The molecule has 1 fully saturated rings. The minimum atomic E-state index is 0.456. The fraction of sp³-hybridized carbons (Fsp3) is 0.571. The van der Waals surface area contributed by atoms with Crippen molar-refractivity contribution < 1.29 is 0 Å². The highest BCUT2D eigenvalue weighted by Crippen LogP contribution is 2.23. The van der Waals surface area contributed by atoms with E-state index in [1.807, 2.05) is 0 Å². The van der Waals surface area contributed by atoms with Crippen LogP contribution in [-0.2, 0) is 0 Å². The van der Waals surface area contributed by atoms with Crippen LogP contribution in [0.4, 0.5) is 0 Å². The molecule has 0 bridgehead atoms. The quantitative estimate of drug-likeness (QED) is 0.892. The summed E-state index contributed by atoms with van der Waals surface area (Å²) in [5, 5.41) is 3.66. The van der Waals surface area contributed by atoms with E-state index in [1.54, 1.807) is 0 Å². The molecule has 17 heavy (non-hydrogen) atoms. The third-order valence-corrected chi connectivity index (χ3v) is 5.00. The monoisotopic (exact) mass is 313 g/mol. The molecule has 0 aliphatic carbocycles. The van der Waals surface area contributed by atoms with Gasteiger partial charge in [-0.05, 0) is 61.4 Å². The Bertz CT molecular complexity index is 333. The standard InChI is InChI=1S/C14H20BrNS/c1-11(13-2-4-14(15)5-3-13)16-10-12-6-8-17-9-7-12/h2-5,11-12,16H,6-10H2,1H3. The highest BCUT2D eigenvalue weighted by atomic mass is 79.9. The van der Waals surface area contributed by atoms with Crippen molar-refractivity contribution in [3.8, 4) is 0 Å². The zero-order valence-electron chi connectivity index (χ0n) is 10.3. The normalized spacial score (nSPS) is 19.2. The number of thioether (sulfide) groups is 1. The van der Waals surface area contributed by atoms with Gasteiger partial charge in [0.1, 0.15) is 0 Å². The van der Waals surface area contributed by atoms with Gasteiger partial charge in [-0.1, -0.05) is 28.1 Å². The number of rotatable bonds is 4. The van der Waals surface area contributed by atoms with Crippen LogP contribution in [0.3, 0.4) is 0 Å². The molecule has 94 valence electrons. The Morgan fingerprint density at radius 3 is 2.59 bits per heavy atom.